The summed E-state index contributed by atoms with van der Waals surface area (Å²) in [7, 11) is -6.72. The number of ketones is 2. The lowest BCUT2D eigenvalue weighted by Gasteiger charge is -2.39. The van der Waals surface area contributed by atoms with Crippen LogP contribution in [0.2, 0.25) is 0 Å². The summed E-state index contributed by atoms with van der Waals surface area (Å²) in [5.74, 6) is -3.24. The fourth-order valence-corrected chi connectivity index (χ4v) is 6.12. The summed E-state index contributed by atoms with van der Waals surface area (Å²) in [4.78, 5) is 32.4. The Morgan fingerprint density at radius 1 is 1.17 bits per heavy atom. The smallest absolute Gasteiger partial charge is 0.286 e. The maximum atomic E-state index is 14.0. The average molecular weight is 533 g/mol. The van der Waals surface area contributed by atoms with E-state index in [1.54, 1.807) is 44.2 Å². The number of anilines is 2. The normalized spacial score (nSPS) is 22.6. The fourth-order valence-electron chi connectivity index (χ4n) is 4.38. The van der Waals surface area contributed by atoms with Crippen LogP contribution in [0.15, 0.2) is 63.4 Å². The van der Waals surface area contributed by atoms with Gasteiger partial charge in [0.15, 0.2) is 11.6 Å². The molecule has 2 unspecified atom stereocenters. The van der Waals surface area contributed by atoms with E-state index in [2.05, 4.69) is 19.9 Å². The number of carbonyl (C=O) groups excluding carboxylic acids is 2. The van der Waals surface area contributed by atoms with E-state index in [4.69, 9.17) is 4.84 Å². The molecule has 0 saturated carbocycles. The molecule has 0 aromatic heterocycles. The summed E-state index contributed by atoms with van der Waals surface area (Å²) in [6.45, 7) is 3.55. The highest BCUT2D eigenvalue weighted by molar-refractivity contribution is 7.92. The molecular formula is C23H24N4O7S2. The quantitative estimate of drug-likeness (QED) is 0.287. The van der Waals surface area contributed by atoms with E-state index < -0.39 is 43.1 Å². The van der Waals surface area contributed by atoms with Crippen molar-refractivity contribution in [3.63, 3.8) is 0 Å². The number of hydrogen-bond acceptors (Lipinski definition) is 9. The van der Waals surface area contributed by atoms with E-state index in [9.17, 15) is 26.4 Å². The van der Waals surface area contributed by atoms with Gasteiger partial charge in [0.1, 0.15) is 22.2 Å². The molecule has 0 spiro atoms. The second-order valence-corrected chi connectivity index (χ2v) is 12.0. The van der Waals surface area contributed by atoms with Crippen LogP contribution in [0.1, 0.15) is 29.8 Å². The molecule has 0 bridgehead atoms. The zero-order chi connectivity index (χ0) is 26.5. The van der Waals surface area contributed by atoms with Gasteiger partial charge in [0.05, 0.1) is 19.1 Å². The molecular weight excluding hydrogens is 508 g/mol. The van der Waals surface area contributed by atoms with Gasteiger partial charge in [0.25, 0.3) is 10.0 Å². The van der Waals surface area contributed by atoms with Crippen LogP contribution in [0.25, 0.3) is 0 Å². The van der Waals surface area contributed by atoms with E-state index in [1.165, 1.54) is 19.2 Å². The van der Waals surface area contributed by atoms with Gasteiger partial charge in [-0.05, 0) is 37.6 Å². The number of allylic oxidation sites excluding steroid dienone is 1. The fraction of sp³-hybridized carbons (Fsp3) is 0.261. The lowest BCUT2D eigenvalue weighted by atomic mass is 9.69. The number of amidine groups is 1. The molecule has 1 aliphatic carbocycles. The summed E-state index contributed by atoms with van der Waals surface area (Å²) in [5, 5.41) is 2.80. The zero-order valence-corrected chi connectivity index (χ0v) is 21.5. The Kier molecular flexibility index (Phi) is 6.37. The lowest BCUT2D eigenvalue weighted by Crippen LogP contribution is -2.58. The second kappa shape index (κ2) is 8.92. The number of sulfonamides is 2. The van der Waals surface area contributed by atoms with E-state index in [0.29, 0.717) is 5.56 Å². The first-order valence-corrected chi connectivity index (χ1v) is 14.0. The second-order valence-electron chi connectivity index (χ2n) is 8.70. The van der Waals surface area contributed by atoms with Crippen molar-refractivity contribution in [2.45, 2.75) is 24.3 Å². The third kappa shape index (κ3) is 4.46. The SMILES string of the molecule is CONC1(C=C(C)C)C(=O)C(C2=NS(=O)(=O)c3cc(NS(C)(=O)=O)ccc3N2)C(=O)c2ccccc21. The monoisotopic (exact) mass is 532 g/mol. The number of benzene rings is 2. The molecule has 0 fully saturated rings. The van der Waals surface area contributed by atoms with Crippen molar-refractivity contribution in [2.24, 2.45) is 10.3 Å². The molecule has 0 saturated heterocycles. The number of rotatable bonds is 6. The van der Waals surface area contributed by atoms with Gasteiger partial charge in [-0.15, -0.1) is 4.40 Å². The molecule has 3 N–H and O–H groups in total. The first-order chi connectivity index (χ1) is 16.8. The van der Waals surface area contributed by atoms with Crippen LogP contribution in [0.4, 0.5) is 11.4 Å². The summed E-state index contributed by atoms with van der Waals surface area (Å²) >= 11 is 0. The molecule has 2 aliphatic rings. The molecule has 0 radical (unpaired) electrons. The van der Waals surface area contributed by atoms with E-state index in [0.717, 1.165) is 17.9 Å². The van der Waals surface area contributed by atoms with E-state index in [1.807, 2.05) is 0 Å². The van der Waals surface area contributed by atoms with Gasteiger partial charge in [-0.25, -0.2) is 8.42 Å². The Hall–Kier alpha value is -3.39. The van der Waals surface area contributed by atoms with Crippen molar-refractivity contribution in [2.75, 3.05) is 23.4 Å². The van der Waals surface area contributed by atoms with Crippen LogP contribution in [-0.2, 0) is 35.2 Å². The largest absolute Gasteiger partial charge is 0.341 e. The van der Waals surface area contributed by atoms with Crippen molar-refractivity contribution in [1.29, 1.82) is 0 Å². The van der Waals surface area contributed by atoms with Crippen molar-refractivity contribution in [3.8, 4) is 0 Å². The molecule has 2 aromatic rings. The molecule has 4 rings (SSSR count). The Labute approximate surface area is 208 Å². The van der Waals surface area contributed by atoms with Gasteiger partial charge in [-0.3, -0.25) is 14.3 Å². The highest BCUT2D eigenvalue weighted by atomic mass is 32.2. The van der Waals surface area contributed by atoms with Crippen molar-refractivity contribution in [1.82, 2.24) is 5.48 Å². The molecule has 190 valence electrons. The zero-order valence-electron chi connectivity index (χ0n) is 19.8. The number of hydroxylamine groups is 1. The minimum atomic E-state index is -4.40. The van der Waals surface area contributed by atoms with Crippen molar-refractivity contribution < 1.29 is 31.3 Å². The summed E-state index contributed by atoms with van der Waals surface area (Å²) in [5.41, 5.74) is 2.53. The molecule has 0 amide bonds. The third-order valence-electron chi connectivity index (χ3n) is 5.62. The van der Waals surface area contributed by atoms with Crippen molar-refractivity contribution in [3.05, 3.63) is 65.2 Å². The molecule has 1 aliphatic heterocycles. The first kappa shape index (κ1) is 25.7. The molecule has 2 atom stereocenters. The topological polar surface area (TPSA) is 160 Å². The van der Waals surface area contributed by atoms with Gasteiger partial charge in [-0.2, -0.15) is 13.9 Å². The van der Waals surface area contributed by atoms with E-state index in [-0.39, 0.29) is 27.7 Å². The Bertz CT molecular complexity index is 1560. The molecule has 2 aromatic carbocycles. The van der Waals surface area contributed by atoms with Crippen LogP contribution in [0.5, 0.6) is 0 Å². The minimum Gasteiger partial charge on any atom is -0.341 e. The Balaban J connectivity index is 1.87. The minimum absolute atomic E-state index is 0.0193. The lowest BCUT2D eigenvalue weighted by molar-refractivity contribution is -0.130. The number of Topliss-reactive ketones (excluding diaryl/α,β-unsaturated/α-hetero) is 2. The molecule has 36 heavy (non-hydrogen) atoms. The van der Waals surface area contributed by atoms with Crippen molar-refractivity contribution >= 4 is 48.8 Å². The van der Waals surface area contributed by atoms with Crippen LogP contribution < -0.4 is 15.5 Å². The van der Waals surface area contributed by atoms with Gasteiger partial charge in [0.2, 0.25) is 10.0 Å². The van der Waals surface area contributed by atoms with Crippen LogP contribution in [0.3, 0.4) is 0 Å². The number of nitrogens with zero attached hydrogens (tertiary/aromatic N) is 1. The van der Waals surface area contributed by atoms with Gasteiger partial charge >= 0.3 is 0 Å². The van der Waals surface area contributed by atoms with Gasteiger partial charge in [-0.1, -0.05) is 35.9 Å². The number of hydrogen-bond donors (Lipinski definition) is 3. The summed E-state index contributed by atoms with van der Waals surface area (Å²) in [6, 6.07) is 10.3. The summed E-state index contributed by atoms with van der Waals surface area (Å²) in [6.07, 6.45) is 2.55. The molecule has 13 heteroatoms. The standard InChI is InChI=1S/C23H24N4O7S2/c1-13(2)12-23(27-34-3)16-8-6-5-7-15(16)20(28)19(21(23)29)22-24-17-10-9-14(25-35(4,30)31)11-18(17)36(32,33)26-22/h5-12,19,25,27H,1-4H3,(H,24,26). The first-order valence-electron chi connectivity index (χ1n) is 10.7. The Morgan fingerprint density at radius 2 is 1.86 bits per heavy atom. The average Bonchev–Trinajstić information content (AvgIpc) is 2.77. The number of carbonyl (C=O) groups is 2. The van der Waals surface area contributed by atoms with Gasteiger partial charge < -0.3 is 10.2 Å². The Morgan fingerprint density at radius 3 is 2.50 bits per heavy atom. The van der Waals surface area contributed by atoms with Crippen LogP contribution >= 0.6 is 0 Å². The number of fused-ring (bicyclic) bond motifs is 2. The highest BCUT2D eigenvalue weighted by Crippen LogP contribution is 2.40. The third-order valence-corrected chi connectivity index (χ3v) is 7.55. The maximum Gasteiger partial charge on any atom is 0.286 e. The predicted molar refractivity (Wildman–Crippen MR) is 134 cm³/mol. The summed E-state index contributed by atoms with van der Waals surface area (Å²) < 4.78 is 55.3. The molecule has 11 nitrogen and oxygen atoms in total. The maximum absolute atomic E-state index is 14.0. The van der Waals surface area contributed by atoms with Crippen LogP contribution in [-0.4, -0.2) is 47.6 Å². The molecule has 1 heterocycles. The highest BCUT2D eigenvalue weighted by Gasteiger charge is 2.53. The van der Waals surface area contributed by atoms with Crippen LogP contribution in [0, 0.1) is 5.92 Å². The number of nitrogens with one attached hydrogen (secondary N) is 3. The van der Waals surface area contributed by atoms with Gasteiger partial charge in [0, 0.05) is 11.3 Å². The predicted octanol–water partition coefficient (Wildman–Crippen LogP) is 1.97. The van der Waals surface area contributed by atoms with E-state index >= 15 is 0 Å².